The zero-order valence-corrected chi connectivity index (χ0v) is 9.81. The molecule has 17 heavy (non-hydrogen) atoms. The van der Waals surface area contributed by atoms with Crippen molar-refractivity contribution in [1.82, 2.24) is 5.32 Å². The van der Waals surface area contributed by atoms with Crippen LogP contribution in [0.25, 0.3) is 0 Å². The molecule has 1 atom stereocenters. The Bertz CT molecular complexity index is 427. The summed E-state index contributed by atoms with van der Waals surface area (Å²) >= 11 is 0. The Balaban J connectivity index is 2.00. The summed E-state index contributed by atoms with van der Waals surface area (Å²) in [6, 6.07) is 4.47. The number of carbonyl (C=O) groups excluding carboxylic acids is 1. The molecule has 1 saturated carbocycles. The number of hydrogen-bond donors (Lipinski definition) is 3. The van der Waals surface area contributed by atoms with Crippen LogP contribution in [0.15, 0.2) is 18.2 Å². The van der Waals surface area contributed by atoms with Gasteiger partial charge in [0.1, 0.15) is 0 Å². The highest BCUT2D eigenvalue weighted by Crippen LogP contribution is 2.33. The maximum atomic E-state index is 11.8. The van der Waals surface area contributed by atoms with Crippen molar-refractivity contribution in [2.75, 3.05) is 0 Å². The van der Waals surface area contributed by atoms with E-state index in [1.54, 1.807) is 0 Å². The van der Waals surface area contributed by atoms with E-state index in [4.69, 9.17) is 0 Å². The maximum absolute atomic E-state index is 11.8. The van der Waals surface area contributed by atoms with Crippen molar-refractivity contribution in [2.45, 2.75) is 32.2 Å². The Labute approximate surface area is 100 Å². The molecule has 92 valence electrons. The Kier molecular flexibility index (Phi) is 3.22. The molecule has 0 spiro atoms. The monoisotopic (exact) mass is 235 g/mol. The predicted octanol–water partition coefficient (Wildman–Crippen LogP) is 2.02. The van der Waals surface area contributed by atoms with Gasteiger partial charge >= 0.3 is 0 Å². The lowest BCUT2D eigenvalue weighted by molar-refractivity contribution is 0.0934. The largest absolute Gasteiger partial charge is 0.504 e. The number of hydrogen-bond acceptors (Lipinski definition) is 3. The fourth-order valence-electron chi connectivity index (χ4n) is 1.93. The molecule has 2 rings (SSSR count). The van der Waals surface area contributed by atoms with Gasteiger partial charge in [-0.3, -0.25) is 4.79 Å². The van der Waals surface area contributed by atoms with Crippen LogP contribution in [0.5, 0.6) is 11.5 Å². The van der Waals surface area contributed by atoms with Crippen LogP contribution in [-0.4, -0.2) is 22.2 Å². The van der Waals surface area contributed by atoms with Gasteiger partial charge in [0.2, 0.25) is 0 Å². The van der Waals surface area contributed by atoms with E-state index in [1.165, 1.54) is 31.0 Å². The average Bonchev–Trinajstić information content (AvgIpc) is 3.05. The minimum Gasteiger partial charge on any atom is -0.504 e. The zero-order chi connectivity index (χ0) is 12.4. The smallest absolute Gasteiger partial charge is 0.255 e. The van der Waals surface area contributed by atoms with Crippen LogP contribution >= 0.6 is 0 Å². The van der Waals surface area contributed by atoms with E-state index in [-0.39, 0.29) is 29.0 Å². The molecule has 0 heterocycles. The van der Waals surface area contributed by atoms with E-state index in [0.717, 1.165) is 12.3 Å². The van der Waals surface area contributed by atoms with Crippen molar-refractivity contribution < 1.29 is 15.0 Å². The second-order valence-corrected chi connectivity index (χ2v) is 4.73. The highest BCUT2D eigenvalue weighted by atomic mass is 16.3. The van der Waals surface area contributed by atoms with E-state index in [2.05, 4.69) is 5.32 Å². The molecule has 0 saturated heterocycles. The summed E-state index contributed by atoms with van der Waals surface area (Å²) in [7, 11) is 0. The molecular weight excluding hydrogens is 218 g/mol. The van der Waals surface area contributed by atoms with Gasteiger partial charge in [0.25, 0.3) is 5.91 Å². The highest BCUT2D eigenvalue weighted by molar-refractivity contribution is 5.97. The molecule has 1 aromatic rings. The number of amides is 1. The molecule has 1 unspecified atom stereocenters. The fourth-order valence-corrected chi connectivity index (χ4v) is 1.93. The van der Waals surface area contributed by atoms with E-state index in [1.807, 2.05) is 6.92 Å². The third kappa shape index (κ3) is 2.90. The van der Waals surface area contributed by atoms with Gasteiger partial charge in [0, 0.05) is 6.04 Å². The van der Waals surface area contributed by atoms with Crippen LogP contribution in [-0.2, 0) is 0 Å². The second-order valence-electron chi connectivity index (χ2n) is 4.73. The van der Waals surface area contributed by atoms with Crippen molar-refractivity contribution in [3.8, 4) is 11.5 Å². The summed E-state index contributed by atoms with van der Waals surface area (Å²) in [4.78, 5) is 11.8. The quantitative estimate of drug-likeness (QED) is 0.699. The number of carbonyl (C=O) groups is 1. The summed E-state index contributed by atoms with van der Waals surface area (Å²) in [5.74, 6) is -0.231. The normalized spacial score (nSPS) is 16.5. The molecule has 0 radical (unpaired) electrons. The molecule has 0 aromatic heterocycles. The molecule has 0 aliphatic heterocycles. The Hall–Kier alpha value is -1.71. The molecule has 1 fully saturated rings. The van der Waals surface area contributed by atoms with Crippen LogP contribution in [0.4, 0.5) is 0 Å². The number of benzene rings is 1. The first-order valence-corrected chi connectivity index (χ1v) is 5.89. The minimum atomic E-state index is -0.358. The standard InChI is InChI=1S/C13H17NO3/c1-8(7-9-5-6-9)14-13(17)10-3-2-4-11(15)12(10)16/h2-4,8-9,15-16H,5-7H2,1H3,(H,14,17). The van der Waals surface area contributed by atoms with Crippen molar-refractivity contribution in [3.05, 3.63) is 23.8 Å². The minimum absolute atomic E-state index is 0.0942. The summed E-state index contributed by atoms with van der Waals surface area (Å²) in [5, 5.41) is 21.7. The topological polar surface area (TPSA) is 69.6 Å². The molecule has 1 aromatic carbocycles. The van der Waals surface area contributed by atoms with Gasteiger partial charge in [-0.1, -0.05) is 18.9 Å². The third-order valence-electron chi connectivity index (χ3n) is 3.02. The van der Waals surface area contributed by atoms with E-state index in [9.17, 15) is 15.0 Å². The van der Waals surface area contributed by atoms with Crippen molar-refractivity contribution in [3.63, 3.8) is 0 Å². The van der Waals surface area contributed by atoms with Gasteiger partial charge in [0.15, 0.2) is 11.5 Å². The molecular formula is C13H17NO3. The lowest BCUT2D eigenvalue weighted by Crippen LogP contribution is -2.32. The summed E-state index contributed by atoms with van der Waals surface area (Å²) in [6.07, 6.45) is 3.47. The Morgan fingerprint density at radius 3 is 2.82 bits per heavy atom. The molecule has 1 aliphatic carbocycles. The number of phenolic OH excluding ortho intramolecular Hbond substituents is 2. The summed E-state index contributed by atoms with van der Waals surface area (Å²) in [5.41, 5.74) is 0.118. The van der Waals surface area contributed by atoms with Gasteiger partial charge in [-0.05, 0) is 31.4 Å². The lowest BCUT2D eigenvalue weighted by Gasteiger charge is -2.14. The highest BCUT2D eigenvalue weighted by Gasteiger charge is 2.25. The van der Waals surface area contributed by atoms with Crippen LogP contribution < -0.4 is 5.32 Å². The number of para-hydroxylation sites is 1. The Morgan fingerprint density at radius 2 is 2.18 bits per heavy atom. The van der Waals surface area contributed by atoms with Crippen LogP contribution in [0.1, 0.15) is 36.5 Å². The SMILES string of the molecule is CC(CC1CC1)NC(=O)c1cccc(O)c1O. The molecule has 1 aliphatic rings. The summed E-state index contributed by atoms with van der Waals surface area (Å²) < 4.78 is 0. The van der Waals surface area contributed by atoms with Gasteiger partial charge in [-0.2, -0.15) is 0 Å². The lowest BCUT2D eigenvalue weighted by atomic mass is 10.1. The summed E-state index contributed by atoms with van der Waals surface area (Å²) in [6.45, 7) is 1.95. The number of aromatic hydroxyl groups is 2. The zero-order valence-electron chi connectivity index (χ0n) is 9.81. The number of phenols is 2. The van der Waals surface area contributed by atoms with Crippen LogP contribution in [0.3, 0.4) is 0 Å². The predicted molar refractivity (Wildman–Crippen MR) is 64.0 cm³/mol. The van der Waals surface area contributed by atoms with Gasteiger partial charge in [0.05, 0.1) is 5.56 Å². The first kappa shape index (κ1) is 11.8. The number of nitrogens with one attached hydrogen (secondary N) is 1. The number of rotatable bonds is 4. The molecule has 0 bridgehead atoms. The van der Waals surface area contributed by atoms with E-state index >= 15 is 0 Å². The first-order valence-electron chi connectivity index (χ1n) is 5.89. The van der Waals surface area contributed by atoms with Gasteiger partial charge in [-0.25, -0.2) is 0 Å². The van der Waals surface area contributed by atoms with Crippen LogP contribution in [0.2, 0.25) is 0 Å². The maximum Gasteiger partial charge on any atom is 0.255 e. The van der Waals surface area contributed by atoms with Gasteiger partial charge in [-0.15, -0.1) is 0 Å². The second kappa shape index (κ2) is 4.65. The molecule has 4 heteroatoms. The average molecular weight is 235 g/mol. The van der Waals surface area contributed by atoms with Gasteiger partial charge < -0.3 is 15.5 Å². The van der Waals surface area contributed by atoms with E-state index < -0.39 is 0 Å². The van der Waals surface area contributed by atoms with Crippen molar-refractivity contribution in [2.24, 2.45) is 5.92 Å². The molecule has 3 N–H and O–H groups in total. The Morgan fingerprint density at radius 1 is 1.47 bits per heavy atom. The van der Waals surface area contributed by atoms with Crippen molar-refractivity contribution >= 4 is 5.91 Å². The first-order chi connectivity index (χ1) is 8.08. The fraction of sp³-hybridized carbons (Fsp3) is 0.462. The molecule has 1 amide bonds. The van der Waals surface area contributed by atoms with Crippen LogP contribution in [0, 0.1) is 5.92 Å². The van der Waals surface area contributed by atoms with Crippen molar-refractivity contribution in [1.29, 1.82) is 0 Å². The third-order valence-corrected chi connectivity index (χ3v) is 3.02. The van der Waals surface area contributed by atoms with E-state index in [0.29, 0.717) is 0 Å². The molecule has 4 nitrogen and oxygen atoms in total.